The van der Waals surface area contributed by atoms with Gasteiger partial charge in [0, 0.05) is 16.4 Å². The molecule has 0 bridgehead atoms. The van der Waals surface area contributed by atoms with Gasteiger partial charge in [-0.15, -0.1) is 11.8 Å². The van der Waals surface area contributed by atoms with Crippen LogP contribution >= 0.6 is 11.8 Å². The number of amides is 1. The monoisotopic (exact) mass is 405 g/mol. The summed E-state index contributed by atoms with van der Waals surface area (Å²) >= 11 is 1.32. The molecule has 2 rings (SSSR count). The first-order valence-corrected chi connectivity index (χ1v) is 10.9. The summed E-state index contributed by atoms with van der Waals surface area (Å²) in [5.41, 5.74) is -0.170. The lowest BCUT2D eigenvalue weighted by molar-refractivity contribution is -0.129. The largest absolute Gasteiger partial charge is 0.454 e. The highest BCUT2D eigenvalue weighted by Crippen LogP contribution is 2.26. The first kappa shape index (κ1) is 22.5. The smallest absolute Gasteiger partial charge is 0.339 e. The van der Waals surface area contributed by atoms with Gasteiger partial charge < -0.3 is 10.1 Å². The van der Waals surface area contributed by atoms with Crippen molar-refractivity contribution in [2.75, 3.05) is 12.4 Å². The summed E-state index contributed by atoms with van der Waals surface area (Å²) in [5.74, 6) is 0.0585. The highest BCUT2D eigenvalue weighted by Gasteiger charge is 2.24. The molecule has 1 N–H and O–H groups in total. The molecular weight excluding hydrogens is 374 g/mol. The first-order chi connectivity index (χ1) is 13.2. The Hall–Kier alpha value is -1.82. The number of rotatable bonds is 7. The van der Waals surface area contributed by atoms with E-state index >= 15 is 0 Å². The Kier molecular flexibility index (Phi) is 8.10. The molecule has 1 fully saturated rings. The summed E-state index contributed by atoms with van der Waals surface area (Å²) in [6.07, 6.45) is 4.57. The van der Waals surface area contributed by atoms with Crippen LogP contribution in [0.25, 0.3) is 0 Å². The highest BCUT2D eigenvalue weighted by atomic mass is 32.2. The van der Waals surface area contributed by atoms with Crippen LogP contribution in [0.2, 0.25) is 0 Å². The molecule has 0 heterocycles. The highest BCUT2D eigenvalue weighted by molar-refractivity contribution is 8.00. The molecule has 0 radical (unpaired) electrons. The number of esters is 1. The zero-order valence-electron chi connectivity index (χ0n) is 17.2. The van der Waals surface area contributed by atoms with Crippen LogP contribution in [0, 0.1) is 11.3 Å². The minimum absolute atomic E-state index is 0.0187. The van der Waals surface area contributed by atoms with Gasteiger partial charge in [-0.2, -0.15) is 0 Å². The number of Topliss-reactive ketones (excluding diaryl/α,β-unsaturated/α-hetero) is 1. The molecule has 1 aromatic rings. The number of carbonyl (C=O) groups is 3. The Bertz CT molecular complexity index is 711. The van der Waals surface area contributed by atoms with Crippen molar-refractivity contribution in [1.82, 2.24) is 5.32 Å². The summed E-state index contributed by atoms with van der Waals surface area (Å²) < 4.78 is 5.20. The number of thioether (sulfide) groups is 1. The summed E-state index contributed by atoms with van der Waals surface area (Å²) in [7, 11) is 0. The topological polar surface area (TPSA) is 72.5 Å². The summed E-state index contributed by atoms with van der Waals surface area (Å²) in [5, 5.41) is 3.12. The first-order valence-electron chi connectivity index (χ1n) is 9.90. The molecule has 0 aliphatic heterocycles. The molecule has 0 spiro atoms. The Morgan fingerprint density at radius 3 is 2.50 bits per heavy atom. The van der Waals surface area contributed by atoms with Crippen molar-refractivity contribution in [2.24, 2.45) is 11.3 Å². The number of nitrogens with one attached hydrogen (secondary N) is 1. The second-order valence-electron chi connectivity index (χ2n) is 8.47. The van der Waals surface area contributed by atoms with Crippen molar-refractivity contribution in [3.8, 4) is 0 Å². The van der Waals surface area contributed by atoms with Gasteiger partial charge in [0.2, 0.25) is 5.91 Å². The predicted octanol–water partition coefficient (Wildman–Crippen LogP) is 4.25. The van der Waals surface area contributed by atoms with Gasteiger partial charge in [0.25, 0.3) is 0 Å². The standard InChI is InChI=1S/C22H31NO4S/c1-15-9-5-7-11-17(15)23-20(25)14-28-18-12-8-6-10-16(18)21(26)27-13-19(24)22(2,3)4/h6,8,10,12,15,17H,5,7,9,11,13-14H2,1-4H3,(H,23,25)/t15-,17-/m0/s1. The lowest BCUT2D eigenvalue weighted by atomic mass is 9.86. The van der Waals surface area contributed by atoms with Crippen LogP contribution in [0.1, 0.15) is 63.7 Å². The van der Waals surface area contributed by atoms with E-state index in [1.165, 1.54) is 18.2 Å². The van der Waals surface area contributed by atoms with Gasteiger partial charge in [0.15, 0.2) is 12.4 Å². The normalized spacial score (nSPS) is 19.7. The van der Waals surface area contributed by atoms with Gasteiger partial charge in [0.1, 0.15) is 0 Å². The van der Waals surface area contributed by atoms with Crippen molar-refractivity contribution in [1.29, 1.82) is 0 Å². The number of ether oxygens (including phenoxy) is 1. The van der Waals surface area contributed by atoms with Gasteiger partial charge in [0.05, 0.1) is 11.3 Å². The number of hydrogen-bond acceptors (Lipinski definition) is 5. The van der Waals surface area contributed by atoms with E-state index in [0.29, 0.717) is 16.4 Å². The second-order valence-corrected chi connectivity index (χ2v) is 9.49. The molecule has 0 aromatic heterocycles. The molecule has 1 aliphatic carbocycles. The molecule has 1 amide bonds. The van der Waals surface area contributed by atoms with Crippen LogP contribution in [-0.2, 0) is 14.3 Å². The summed E-state index contributed by atoms with van der Waals surface area (Å²) in [4.78, 5) is 37.4. The van der Waals surface area contributed by atoms with Gasteiger partial charge in [-0.3, -0.25) is 9.59 Å². The van der Waals surface area contributed by atoms with E-state index in [4.69, 9.17) is 4.74 Å². The lowest BCUT2D eigenvalue weighted by Gasteiger charge is -2.29. The fraction of sp³-hybridized carbons (Fsp3) is 0.591. The molecule has 1 saturated carbocycles. The third kappa shape index (κ3) is 6.66. The SMILES string of the molecule is C[C@H]1CCCC[C@@H]1NC(=O)CSc1ccccc1C(=O)OCC(=O)C(C)(C)C. The zero-order valence-corrected chi connectivity index (χ0v) is 18.1. The molecule has 1 aliphatic rings. The van der Waals surface area contributed by atoms with Crippen molar-refractivity contribution in [3.05, 3.63) is 29.8 Å². The molecular formula is C22H31NO4S. The second kappa shape index (κ2) is 10.1. The molecule has 28 heavy (non-hydrogen) atoms. The molecule has 2 atom stereocenters. The average Bonchev–Trinajstić information content (AvgIpc) is 2.65. The van der Waals surface area contributed by atoms with Crippen molar-refractivity contribution in [2.45, 2.75) is 64.3 Å². The molecule has 1 aromatic carbocycles. The Labute approximate surface area is 172 Å². The zero-order chi connectivity index (χ0) is 20.7. The van der Waals surface area contributed by atoms with Crippen LogP contribution in [0.5, 0.6) is 0 Å². The maximum Gasteiger partial charge on any atom is 0.339 e. The lowest BCUT2D eigenvalue weighted by Crippen LogP contribution is -2.41. The predicted molar refractivity (Wildman–Crippen MR) is 111 cm³/mol. The molecule has 6 heteroatoms. The van der Waals surface area contributed by atoms with Crippen molar-refractivity contribution in [3.63, 3.8) is 0 Å². The Balaban J connectivity index is 1.91. The minimum atomic E-state index is -0.553. The third-order valence-corrected chi connectivity index (χ3v) is 6.17. The van der Waals surface area contributed by atoms with Crippen LogP contribution < -0.4 is 5.32 Å². The van der Waals surface area contributed by atoms with E-state index in [0.717, 1.165) is 19.3 Å². The van der Waals surface area contributed by atoms with Gasteiger partial charge in [-0.1, -0.05) is 52.7 Å². The molecule has 5 nitrogen and oxygen atoms in total. The molecule has 0 saturated heterocycles. The maximum atomic E-state index is 12.4. The van der Waals surface area contributed by atoms with E-state index in [-0.39, 0.29) is 30.1 Å². The van der Waals surface area contributed by atoms with E-state index in [1.807, 2.05) is 6.07 Å². The van der Waals surface area contributed by atoms with Gasteiger partial charge in [-0.25, -0.2) is 4.79 Å². The van der Waals surface area contributed by atoms with Crippen LogP contribution in [0.3, 0.4) is 0 Å². The van der Waals surface area contributed by atoms with Crippen LogP contribution in [-0.4, -0.2) is 36.1 Å². The van der Waals surface area contributed by atoms with Crippen LogP contribution in [0.15, 0.2) is 29.2 Å². The van der Waals surface area contributed by atoms with Crippen LogP contribution in [0.4, 0.5) is 0 Å². The maximum absolute atomic E-state index is 12.4. The number of hydrogen-bond donors (Lipinski definition) is 1. The third-order valence-electron chi connectivity index (χ3n) is 5.09. The van der Waals surface area contributed by atoms with Gasteiger partial charge >= 0.3 is 5.97 Å². The van der Waals surface area contributed by atoms with Gasteiger partial charge in [-0.05, 0) is 30.9 Å². The number of carbonyl (C=O) groups excluding carboxylic acids is 3. The van der Waals surface area contributed by atoms with Crippen molar-refractivity contribution < 1.29 is 19.1 Å². The summed E-state index contributed by atoms with van der Waals surface area (Å²) in [6, 6.07) is 7.26. The number of benzene rings is 1. The number of ketones is 1. The van der Waals surface area contributed by atoms with E-state index < -0.39 is 11.4 Å². The Morgan fingerprint density at radius 1 is 1.14 bits per heavy atom. The quantitative estimate of drug-likeness (QED) is 0.542. The fourth-order valence-corrected chi connectivity index (χ4v) is 3.96. The van der Waals surface area contributed by atoms with E-state index in [9.17, 15) is 14.4 Å². The Morgan fingerprint density at radius 2 is 1.82 bits per heavy atom. The van der Waals surface area contributed by atoms with Crippen molar-refractivity contribution >= 4 is 29.4 Å². The van der Waals surface area contributed by atoms with E-state index in [2.05, 4.69) is 12.2 Å². The minimum Gasteiger partial charge on any atom is -0.454 e. The molecule has 154 valence electrons. The fourth-order valence-electron chi connectivity index (χ4n) is 3.11. The average molecular weight is 406 g/mol. The summed E-state index contributed by atoms with van der Waals surface area (Å²) in [6.45, 7) is 7.30. The molecule has 0 unspecified atom stereocenters. The van der Waals surface area contributed by atoms with E-state index in [1.54, 1.807) is 39.0 Å².